The molecular weight excluding hydrogens is 1910 g/mol. The Hall–Kier alpha value is -17.5. The van der Waals surface area contributed by atoms with Crippen LogP contribution in [-0.2, 0) is 71.6 Å². The van der Waals surface area contributed by atoms with E-state index < -0.39 is 47.5 Å². The van der Waals surface area contributed by atoms with Crippen LogP contribution in [0.1, 0.15) is 134 Å². The van der Waals surface area contributed by atoms with Crippen LogP contribution in [0.2, 0.25) is 0 Å². The second-order valence-electron chi connectivity index (χ2n) is 36.8. The number of likely N-dealkylation sites (N-methyl/N-ethyl adjacent to an activating group) is 5. The molecule has 5 amide bonds. The quantitative estimate of drug-likeness (QED) is 0.0271. The molecule has 10 aliphatic rings. The second kappa shape index (κ2) is 46.9. The van der Waals surface area contributed by atoms with Gasteiger partial charge in [0.1, 0.15) is 81.2 Å². The van der Waals surface area contributed by atoms with Gasteiger partial charge in [-0.2, -0.15) is 0 Å². The summed E-state index contributed by atoms with van der Waals surface area (Å²) in [5, 5.41) is 26.2. The molecule has 34 nitrogen and oxygen atoms in total. The normalized spacial score (nSPS) is 19.0. The van der Waals surface area contributed by atoms with Crippen LogP contribution in [-0.4, -0.2) is 224 Å². The number of carbonyl (C=O) groups excluding carboxylic acids is 10. The number of allylic oxidation sites excluding steroid dienone is 4. The minimum atomic E-state index is -0.717. The van der Waals surface area contributed by atoms with Crippen LogP contribution >= 0.6 is 0 Å². The summed E-state index contributed by atoms with van der Waals surface area (Å²) in [7, 11) is 19.0. The van der Waals surface area contributed by atoms with E-state index >= 15 is 0 Å². The van der Waals surface area contributed by atoms with Crippen LogP contribution < -0.4 is 40.8 Å². The van der Waals surface area contributed by atoms with E-state index in [9.17, 15) is 53.1 Å². The van der Waals surface area contributed by atoms with Crippen LogP contribution in [0.3, 0.4) is 0 Å². The average Bonchev–Trinajstić information content (AvgIpc) is 0.716. The summed E-state index contributed by atoms with van der Waals surface area (Å²) < 4.78 is 44.1. The third kappa shape index (κ3) is 21.9. The fraction of sp³-hybridized carbons (Fsp3) is 0.293. The lowest BCUT2D eigenvalue weighted by Gasteiger charge is -2.43. The molecule has 0 aliphatic carbocycles. The van der Waals surface area contributed by atoms with E-state index in [1.165, 1.54) is 37.7 Å². The Morgan fingerprint density at radius 1 is 0.320 bits per heavy atom. The van der Waals surface area contributed by atoms with Crippen molar-refractivity contribution in [3.05, 3.63) is 385 Å². The monoisotopic (exact) mass is 2040 g/mol. The number of rotatable bonds is 22. The van der Waals surface area contributed by atoms with E-state index in [4.69, 9.17) is 37.9 Å². The van der Waals surface area contributed by atoms with E-state index in [2.05, 4.69) is 73.3 Å². The highest BCUT2D eigenvalue weighted by Gasteiger charge is 2.51. The largest absolute Gasteiger partial charge is 0.504 e. The molecule has 17 rings (SSSR count). The maximum Gasteiger partial charge on any atom is 0.337 e. The first-order valence-electron chi connectivity index (χ1n) is 49.2. The topological polar surface area (TPSA) is 357 Å². The minimum Gasteiger partial charge on any atom is -0.504 e. The molecule has 5 unspecified atom stereocenters. The van der Waals surface area contributed by atoms with Crippen molar-refractivity contribution in [2.45, 2.75) is 106 Å². The summed E-state index contributed by atoms with van der Waals surface area (Å²) in [5.74, 6) is 2.81. The highest BCUT2D eigenvalue weighted by atomic mass is 16.6. The van der Waals surface area contributed by atoms with Crippen LogP contribution in [0, 0.1) is 11.8 Å². The molecule has 10 aliphatic heterocycles. The number of hydrogen-bond acceptors (Lipinski definition) is 29. The summed E-state index contributed by atoms with van der Waals surface area (Å²) in [6, 6.07) is 57.7. The van der Waals surface area contributed by atoms with Crippen LogP contribution in [0.25, 0.3) is 5.70 Å². The fourth-order valence-corrected chi connectivity index (χ4v) is 19.3. The molecule has 0 saturated heterocycles. The molecule has 150 heavy (non-hydrogen) atoms. The standard InChI is InChI=1S/C31H29N3O4.C26H27N3O4.C21H25N3O5.C20H23N3O3.C18H27N3O3/c1-5-37-31(36)26-25(22-15-12-18-24(19-22)38-23-16-10-7-11-17-23)27-29(33(3)20(2)34(4)30(27)35)32-28(26)21-13-8-6-9-14-21;1-6-32-26(31)21-16(2)27-24-23(25(30)29(5)17(3)28(24)4)22(21)18-11-10-14-20(15-18)33-19-12-8-7-9-13-19;1-7-29-21(27)16-11(2)22-19-18(20(26)24(5)12(3)23(19)4)17(16)13-8-9-14(25)15(10-13)28-6;1-6-26-20(25)15-12(2)21-18-17(16(15)14-10-8-7-9-11-14)19(24)23(5)13(3)22(18)4;1-8-24-18(23)14-11(4)19-16-15(13(14)9-10(2)3)17(22)21(7)12(5)20(16)6/h6-19,25,32H,2,5H2,1,3-4H3;7-15,22,27H,3,6H2,1-2,4-5H3;8-10,17,22,25H,3,7H2,1-2,4-6H3;7-11,16,21H,3,6H2,1-2,4-5H3;10,13,19H,5,8-9H2,1-4,6-7H3. The second-order valence-corrected chi connectivity index (χ2v) is 36.8. The van der Waals surface area contributed by atoms with Gasteiger partial charge in [0, 0.05) is 99.2 Å². The first-order valence-corrected chi connectivity index (χ1v) is 49.2. The van der Waals surface area contributed by atoms with E-state index in [1.54, 1.807) is 101 Å². The number of carbonyl (C=O) groups is 10. The molecule has 5 atom stereocenters. The van der Waals surface area contributed by atoms with Crippen molar-refractivity contribution >= 4 is 65.1 Å². The van der Waals surface area contributed by atoms with Gasteiger partial charge in [0.05, 0.1) is 125 Å². The molecule has 6 N–H and O–H groups in total. The van der Waals surface area contributed by atoms with Crippen molar-refractivity contribution in [1.29, 1.82) is 0 Å². The lowest BCUT2D eigenvalue weighted by molar-refractivity contribution is -0.140. The molecule has 0 fully saturated rings. The van der Waals surface area contributed by atoms with Crippen LogP contribution in [0.4, 0.5) is 0 Å². The highest BCUT2D eigenvalue weighted by molar-refractivity contribution is 6.09. The first-order chi connectivity index (χ1) is 71.5. The highest BCUT2D eigenvalue weighted by Crippen LogP contribution is 2.51. The Balaban J connectivity index is 0.000000158. The Labute approximate surface area is 875 Å². The van der Waals surface area contributed by atoms with E-state index in [0.29, 0.717) is 184 Å². The molecule has 784 valence electrons. The Morgan fingerprint density at radius 2 is 0.587 bits per heavy atom. The Morgan fingerprint density at radius 3 is 0.920 bits per heavy atom. The lowest BCUT2D eigenvalue weighted by Crippen LogP contribution is -2.49. The van der Waals surface area contributed by atoms with Crippen molar-refractivity contribution in [2.24, 2.45) is 11.8 Å². The van der Waals surface area contributed by atoms with Gasteiger partial charge in [-0.1, -0.05) is 174 Å². The average molecular weight is 2040 g/mol. The number of amides is 5. The van der Waals surface area contributed by atoms with Gasteiger partial charge in [-0.15, -0.1) is 0 Å². The van der Waals surface area contributed by atoms with Gasteiger partial charge in [-0.05, 0) is 163 Å². The van der Waals surface area contributed by atoms with Gasteiger partial charge in [-0.25, -0.2) is 24.0 Å². The number of phenols is 1. The van der Waals surface area contributed by atoms with Gasteiger partial charge in [0.2, 0.25) is 0 Å². The molecule has 34 heteroatoms. The number of nitrogens with one attached hydrogen (secondary N) is 5. The number of esters is 5. The predicted octanol–water partition coefficient (Wildman–Crippen LogP) is 15.8. The van der Waals surface area contributed by atoms with Gasteiger partial charge < -0.3 is 94.1 Å². The zero-order chi connectivity index (χ0) is 109. The maximum absolute atomic E-state index is 13.8. The number of nitrogens with zero attached hydrogens (tertiary/aromatic N) is 10. The number of methoxy groups -OCH3 is 1. The zero-order valence-corrected chi connectivity index (χ0v) is 88.9. The van der Waals surface area contributed by atoms with Gasteiger partial charge >= 0.3 is 29.8 Å². The number of phenolic OH excluding ortho intramolecular Hbond substituents is 1. The third-order valence-electron chi connectivity index (χ3n) is 27.1. The minimum absolute atomic E-state index is 0.0321. The summed E-state index contributed by atoms with van der Waals surface area (Å²) in [5.41, 5.74) is 11.5. The van der Waals surface area contributed by atoms with Gasteiger partial charge in [0.15, 0.2) is 11.5 Å². The Kier molecular flexibility index (Phi) is 34.3. The van der Waals surface area contributed by atoms with E-state index in [1.807, 2.05) is 238 Å². The van der Waals surface area contributed by atoms with Crippen molar-refractivity contribution < 1.29 is 90.9 Å². The first kappa shape index (κ1) is 110. The fourth-order valence-electron chi connectivity index (χ4n) is 19.3. The summed E-state index contributed by atoms with van der Waals surface area (Å²) in [6.07, 6.45) is 0.700. The van der Waals surface area contributed by atoms with Crippen molar-refractivity contribution in [1.82, 2.24) is 75.6 Å². The number of dihydropyridines is 5. The third-order valence-corrected chi connectivity index (χ3v) is 27.1. The number of para-hydroxylation sites is 2. The van der Waals surface area contributed by atoms with Crippen LogP contribution in [0.15, 0.2) is 358 Å². The molecule has 10 heterocycles. The molecule has 0 aromatic heterocycles. The summed E-state index contributed by atoms with van der Waals surface area (Å²) >= 11 is 0. The zero-order valence-electron chi connectivity index (χ0n) is 88.9. The molecule has 0 saturated carbocycles. The summed E-state index contributed by atoms with van der Waals surface area (Å²) in [4.78, 5) is 148. The SMILES string of the molecule is C=C1N(C)C(=O)C2=C(NC(C)=C(C(=O)OCC)C2CC(C)C)N1C.C=C1N(C)C(=O)C2=C(NC(C)=C(C(=O)OCC)C2c2ccc(O)c(OC)c2)N1C.C=C1N(C)C(=O)C2=C(NC(C)=C(C(=O)OCC)C2c2cccc(Oc3ccccc3)c2)N1C.C=C1N(C)C(=O)C2=C(NC(C)=C(C(=O)OCC)C2c2ccccc2)N1C.C=C1N(C)C(=O)C2=C(NC(c3ccccc3)=C(C(=O)OCC)C2c2cccc(Oc3ccccc3)c2)N1C. The molecule has 7 aromatic rings. The van der Waals surface area contributed by atoms with E-state index in [0.717, 1.165) is 28.0 Å². The van der Waals surface area contributed by atoms with Crippen LogP contribution in [0.5, 0.6) is 34.5 Å². The molecule has 0 bridgehead atoms. The summed E-state index contributed by atoms with van der Waals surface area (Å²) in [6.45, 7) is 41.4. The predicted molar refractivity (Wildman–Crippen MR) is 567 cm³/mol. The maximum atomic E-state index is 13.8. The van der Waals surface area contributed by atoms with E-state index in [-0.39, 0.29) is 79.3 Å². The Bertz CT molecular complexity index is 6970. The lowest BCUT2D eigenvalue weighted by atomic mass is 9.78. The van der Waals surface area contributed by atoms with Crippen molar-refractivity contribution in [3.63, 3.8) is 0 Å². The van der Waals surface area contributed by atoms with Crippen molar-refractivity contribution in [2.75, 3.05) is 111 Å². The van der Waals surface area contributed by atoms with Crippen molar-refractivity contribution in [3.8, 4) is 34.5 Å². The van der Waals surface area contributed by atoms with Gasteiger partial charge in [0.25, 0.3) is 29.5 Å². The smallest absolute Gasteiger partial charge is 0.337 e. The molecule has 7 aromatic carbocycles. The number of benzene rings is 7. The molecule has 0 spiro atoms. The molecular formula is C116H131N15O19. The number of hydrogen-bond donors (Lipinski definition) is 6. The number of ether oxygens (including phenoxy) is 8. The van der Waals surface area contributed by atoms with Gasteiger partial charge in [-0.3, -0.25) is 48.5 Å². The molecule has 0 radical (unpaired) electrons. The number of aromatic hydroxyl groups is 1.